The molecule has 0 aliphatic carbocycles. The van der Waals surface area contributed by atoms with E-state index < -0.39 is 22.6 Å². The number of amides is 2. The predicted octanol–water partition coefficient (Wildman–Crippen LogP) is 3.49. The molecule has 3 N–H and O–H groups in total. The van der Waals surface area contributed by atoms with Crippen LogP contribution in [-0.4, -0.2) is 20.3 Å². The standard InChI is InChI=1S/C15H18ClN3O3S2/c1-8-6-17-7-9(2)12(8)18-14(20)19-24(22)11-5-10(13(16)23-11)15(3,4)21/h5-7,21H,1-4H3,(H2,17,18,19,20). The van der Waals surface area contributed by atoms with E-state index in [1.54, 1.807) is 26.2 Å². The van der Waals surface area contributed by atoms with Crippen LogP contribution >= 0.6 is 22.9 Å². The van der Waals surface area contributed by atoms with Gasteiger partial charge in [0.05, 0.1) is 11.3 Å². The summed E-state index contributed by atoms with van der Waals surface area (Å²) in [5.74, 6) is 0. The largest absolute Gasteiger partial charge is 0.386 e. The molecule has 0 fully saturated rings. The molecule has 0 saturated heterocycles. The van der Waals surface area contributed by atoms with Crippen LogP contribution in [0.25, 0.3) is 0 Å². The lowest BCUT2D eigenvalue weighted by Gasteiger charge is -2.15. The summed E-state index contributed by atoms with van der Waals surface area (Å²) in [4.78, 5) is 16.1. The van der Waals surface area contributed by atoms with Crippen LogP contribution in [0.4, 0.5) is 10.5 Å². The number of hydrogen-bond acceptors (Lipinski definition) is 5. The van der Waals surface area contributed by atoms with Gasteiger partial charge in [-0.2, -0.15) is 0 Å². The zero-order valence-electron chi connectivity index (χ0n) is 13.6. The van der Waals surface area contributed by atoms with Gasteiger partial charge in [-0.05, 0) is 44.9 Å². The Balaban J connectivity index is 2.11. The third-order valence-electron chi connectivity index (χ3n) is 3.25. The maximum Gasteiger partial charge on any atom is 0.331 e. The maximum absolute atomic E-state index is 12.3. The van der Waals surface area contributed by atoms with Gasteiger partial charge in [-0.1, -0.05) is 11.6 Å². The fourth-order valence-electron chi connectivity index (χ4n) is 2.03. The number of aromatic nitrogens is 1. The lowest BCUT2D eigenvalue weighted by atomic mass is 10.0. The van der Waals surface area contributed by atoms with Gasteiger partial charge in [0, 0.05) is 18.0 Å². The SMILES string of the molecule is Cc1cncc(C)c1NC(=O)NS(=O)c1cc(C(C)(C)O)c(Cl)s1. The molecular weight excluding hydrogens is 370 g/mol. The molecule has 2 amide bonds. The lowest BCUT2D eigenvalue weighted by molar-refractivity contribution is 0.0790. The van der Waals surface area contributed by atoms with Crippen molar-refractivity contribution in [3.8, 4) is 0 Å². The number of anilines is 1. The summed E-state index contributed by atoms with van der Waals surface area (Å²) >= 11 is 7.13. The smallest absolute Gasteiger partial charge is 0.331 e. The number of thiophene rings is 1. The van der Waals surface area contributed by atoms with Crippen molar-refractivity contribution in [2.45, 2.75) is 37.5 Å². The van der Waals surface area contributed by atoms with Gasteiger partial charge < -0.3 is 10.4 Å². The average Bonchev–Trinajstić information content (AvgIpc) is 2.85. The number of carbonyl (C=O) groups excluding carboxylic acids is 1. The number of nitrogens with zero attached hydrogens (tertiary/aromatic N) is 1. The highest BCUT2D eigenvalue weighted by atomic mass is 35.5. The van der Waals surface area contributed by atoms with E-state index in [0.29, 0.717) is 19.8 Å². The first-order valence-electron chi connectivity index (χ1n) is 7.02. The van der Waals surface area contributed by atoms with Gasteiger partial charge in [0.15, 0.2) is 11.0 Å². The van der Waals surface area contributed by atoms with E-state index >= 15 is 0 Å². The summed E-state index contributed by atoms with van der Waals surface area (Å²) in [5.41, 5.74) is 1.56. The van der Waals surface area contributed by atoms with E-state index in [4.69, 9.17) is 11.6 Å². The highest BCUT2D eigenvalue weighted by Crippen LogP contribution is 2.36. The topological polar surface area (TPSA) is 91.3 Å². The molecular formula is C15H18ClN3O3S2. The number of hydrogen-bond donors (Lipinski definition) is 3. The Bertz CT molecular complexity index is 779. The molecule has 0 saturated carbocycles. The molecule has 2 aromatic heterocycles. The van der Waals surface area contributed by atoms with Gasteiger partial charge in [-0.3, -0.25) is 9.71 Å². The second-order valence-corrected chi connectivity index (χ2v) is 8.88. The van der Waals surface area contributed by atoms with Crippen molar-refractivity contribution in [3.05, 3.63) is 39.5 Å². The molecule has 2 aromatic rings. The second kappa shape index (κ2) is 7.18. The van der Waals surface area contributed by atoms with Gasteiger partial charge in [0.25, 0.3) is 0 Å². The normalized spacial score (nSPS) is 12.8. The molecule has 130 valence electrons. The third kappa shape index (κ3) is 4.32. The van der Waals surface area contributed by atoms with Crippen molar-refractivity contribution in [2.24, 2.45) is 0 Å². The number of urea groups is 1. The number of halogens is 1. The number of nitrogens with one attached hydrogen (secondary N) is 2. The molecule has 1 unspecified atom stereocenters. The van der Waals surface area contributed by atoms with Crippen LogP contribution in [-0.2, 0) is 16.6 Å². The predicted molar refractivity (Wildman–Crippen MR) is 96.8 cm³/mol. The van der Waals surface area contributed by atoms with E-state index in [2.05, 4.69) is 15.0 Å². The van der Waals surface area contributed by atoms with E-state index in [1.165, 1.54) is 6.07 Å². The molecule has 9 heteroatoms. The van der Waals surface area contributed by atoms with Crippen LogP contribution in [0.2, 0.25) is 4.34 Å². The third-order valence-corrected chi connectivity index (χ3v) is 5.97. The summed E-state index contributed by atoms with van der Waals surface area (Å²) in [6, 6.07) is 0.937. The number of carbonyl (C=O) groups is 1. The Kier molecular flexibility index (Phi) is 5.64. The lowest BCUT2D eigenvalue weighted by Crippen LogP contribution is -2.30. The van der Waals surface area contributed by atoms with Crippen molar-refractivity contribution >= 4 is 45.6 Å². The first-order valence-corrected chi connectivity index (χ1v) is 9.37. The van der Waals surface area contributed by atoms with E-state index in [1.807, 2.05) is 13.8 Å². The monoisotopic (exact) mass is 387 g/mol. The Hall–Kier alpha value is -1.48. The van der Waals surface area contributed by atoms with E-state index in [9.17, 15) is 14.1 Å². The molecule has 0 bridgehead atoms. The number of aryl methyl sites for hydroxylation is 2. The summed E-state index contributed by atoms with van der Waals surface area (Å²) in [6.07, 6.45) is 3.27. The number of aliphatic hydroxyl groups is 1. The maximum atomic E-state index is 12.3. The Labute approximate surface area is 151 Å². The van der Waals surface area contributed by atoms with Crippen LogP contribution in [0.3, 0.4) is 0 Å². The number of rotatable bonds is 4. The first kappa shape index (κ1) is 18.9. The molecule has 0 aromatic carbocycles. The molecule has 1 atom stereocenters. The van der Waals surface area contributed by atoms with Crippen molar-refractivity contribution in [3.63, 3.8) is 0 Å². The molecule has 24 heavy (non-hydrogen) atoms. The molecule has 0 aliphatic heterocycles. The van der Waals surface area contributed by atoms with Crippen LogP contribution in [0.15, 0.2) is 22.7 Å². The zero-order valence-corrected chi connectivity index (χ0v) is 16.0. The summed E-state index contributed by atoms with van der Waals surface area (Å²) < 4.78 is 15.4. The van der Waals surface area contributed by atoms with Gasteiger partial charge in [0.1, 0.15) is 8.55 Å². The van der Waals surface area contributed by atoms with Crippen LogP contribution in [0.5, 0.6) is 0 Å². The Morgan fingerprint density at radius 3 is 2.42 bits per heavy atom. The minimum Gasteiger partial charge on any atom is -0.386 e. The quantitative estimate of drug-likeness (QED) is 0.748. The minimum absolute atomic E-state index is 0.342. The van der Waals surface area contributed by atoms with Crippen LogP contribution in [0.1, 0.15) is 30.5 Å². The summed E-state index contributed by atoms with van der Waals surface area (Å²) in [5, 5.41) is 12.7. The average molecular weight is 388 g/mol. The van der Waals surface area contributed by atoms with Crippen molar-refractivity contribution in [1.82, 2.24) is 9.71 Å². The molecule has 0 aliphatic rings. The summed E-state index contributed by atoms with van der Waals surface area (Å²) in [6.45, 7) is 6.81. The second-order valence-electron chi connectivity index (χ2n) is 5.79. The fraction of sp³-hybridized carbons (Fsp3) is 0.333. The molecule has 2 rings (SSSR count). The minimum atomic E-state index is -1.78. The first-order chi connectivity index (χ1) is 11.1. The van der Waals surface area contributed by atoms with Gasteiger partial charge in [-0.15, -0.1) is 11.3 Å². The van der Waals surface area contributed by atoms with E-state index in [-0.39, 0.29) is 0 Å². The zero-order chi connectivity index (χ0) is 18.1. The molecule has 0 spiro atoms. The van der Waals surface area contributed by atoms with E-state index in [0.717, 1.165) is 22.5 Å². The van der Waals surface area contributed by atoms with Crippen LogP contribution < -0.4 is 10.0 Å². The molecule has 2 heterocycles. The van der Waals surface area contributed by atoms with Gasteiger partial charge in [0.2, 0.25) is 0 Å². The van der Waals surface area contributed by atoms with Crippen molar-refractivity contribution < 1.29 is 14.1 Å². The highest BCUT2D eigenvalue weighted by molar-refractivity contribution is 7.86. The molecule has 6 nitrogen and oxygen atoms in total. The van der Waals surface area contributed by atoms with Gasteiger partial charge >= 0.3 is 6.03 Å². The Morgan fingerprint density at radius 2 is 1.92 bits per heavy atom. The van der Waals surface area contributed by atoms with Gasteiger partial charge in [-0.25, -0.2) is 9.00 Å². The number of pyridine rings is 1. The highest BCUT2D eigenvalue weighted by Gasteiger charge is 2.24. The van der Waals surface area contributed by atoms with Crippen LogP contribution in [0, 0.1) is 13.8 Å². The van der Waals surface area contributed by atoms with Crippen molar-refractivity contribution in [2.75, 3.05) is 5.32 Å². The Morgan fingerprint density at radius 1 is 1.33 bits per heavy atom. The molecule has 0 radical (unpaired) electrons. The summed E-state index contributed by atoms with van der Waals surface area (Å²) in [7, 11) is -1.78. The fourth-order valence-corrected chi connectivity index (χ4v) is 4.69. The van der Waals surface area contributed by atoms with Crippen molar-refractivity contribution in [1.29, 1.82) is 0 Å².